The van der Waals surface area contributed by atoms with E-state index in [2.05, 4.69) is 10.4 Å². The molecule has 0 spiro atoms. The normalized spacial score (nSPS) is 25.4. The molecule has 2 aromatic rings. The number of hydrogen-bond acceptors (Lipinski definition) is 5. The number of carbonyl (C=O) groups excluding carboxylic acids is 1. The average molecular weight is 377 g/mol. The molecule has 1 saturated carbocycles. The number of halogens is 1. The second kappa shape index (κ2) is 8.06. The number of nitrogens with zero attached hydrogens (tertiary/aromatic N) is 2. The maximum absolute atomic E-state index is 13.3. The first-order chi connectivity index (χ1) is 12.8. The highest BCUT2D eigenvalue weighted by Crippen LogP contribution is 2.25. The molecular weight excluding hydrogens is 353 g/mol. The molecule has 1 aromatic carbocycles. The van der Waals surface area contributed by atoms with Crippen molar-refractivity contribution in [1.29, 1.82) is 0 Å². The summed E-state index contributed by atoms with van der Waals surface area (Å²) in [6, 6.07) is 6.73. The smallest absolute Gasteiger partial charge is 0.272 e. The molecule has 1 amide bonds. The van der Waals surface area contributed by atoms with Crippen molar-refractivity contribution in [3.05, 3.63) is 48.0 Å². The van der Waals surface area contributed by atoms with Gasteiger partial charge in [-0.25, -0.2) is 4.39 Å². The predicted octanol–water partition coefficient (Wildman–Crippen LogP) is 1.66. The first-order valence-electron chi connectivity index (χ1n) is 8.99. The van der Waals surface area contributed by atoms with Crippen LogP contribution in [0.25, 0.3) is 0 Å². The lowest BCUT2D eigenvalue weighted by molar-refractivity contribution is -0.0875. The molecule has 8 heteroatoms. The minimum atomic E-state index is -1.21. The molecule has 1 fully saturated rings. The number of ether oxygens (including phenoxy) is 1. The van der Waals surface area contributed by atoms with E-state index in [1.54, 1.807) is 23.0 Å². The second-order valence-corrected chi connectivity index (χ2v) is 7.03. The van der Waals surface area contributed by atoms with Crippen molar-refractivity contribution >= 4 is 5.91 Å². The third-order valence-electron chi connectivity index (χ3n) is 4.68. The van der Waals surface area contributed by atoms with Crippen molar-refractivity contribution in [2.45, 2.75) is 57.1 Å². The Kier molecular flexibility index (Phi) is 5.76. The highest BCUT2D eigenvalue weighted by molar-refractivity contribution is 5.92. The van der Waals surface area contributed by atoms with E-state index in [0.29, 0.717) is 12.8 Å². The summed E-state index contributed by atoms with van der Waals surface area (Å²) in [5, 5.41) is 27.7. The lowest BCUT2D eigenvalue weighted by Gasteiger charge is -2.37. The Morgan fingerprint density at radius 3 is 2.74 bits per heavy atom. The van der Waals surface area contributed by atoms with E-state index in [-0.39, 0.29) is 17.5 Å². The number of amides is 1. The molecule has 7 nitrogen and oxygen atoms in total. The van der Waals surface area contributed by atoms with Crippen molar-refractivity contribution in [1.82, 2.24) is 15.1 Å². The number of benzene rings is 1. The summed E-state index contributed by atoms with van der Waals surface area (Å²) >= 11 is 0. The fourth-order valence-electron chi connectivity index (χ4n) is 3.13. The highest BCUT2D eigenvalue weighted by Gasteiger charge is 2.39. The van der Waals surface area contributed by atoms with Crippen molar-refractivity contribution < 1.29 is 24.1 Å². The van der Waals surface area contributed by atoms with Crippen LogP contribution in [0.4, 0.5) is 4.39 Å². The van der Waals surface area contributed by atoms with E-state index >= 15 is 0 Å². The number of rotatable bonds is 5. The third-order valence-corrected chi connectivity index (χ3v) is 4.68. The van der Waals surface area contributed by atoms with Crippen LogP contribution >= 0.6 is 0 Å². The standard InChI is InChI=1S/C19H24FN3O4/c1-11(2)23-9-8-15(22-23)19(26)21-14-6-7-16(18(25)17(14)24)27-13-5-3-4-12(20)10-13/h3-5,8-11,14,16-18,24-25H,6-7H2,1-2H3,(H,21,26)/t14-,16-,17-,18-/m1/s1. The molecule has 3 N–H and O–H groups in total. The Labute approximate surface area is 156 Å². The average Bonchev–Trinajstić information content (AvgIpc) is 3.12. The maximum atomic E-state index is 13.3. The Balaban J connectivity index is 1.60. The molecule has 0 unspecified atom stereocenters. The Morgan fingerprint density at radius 1 is 1.30 bits per heavy atom. The first-order valence-corrected chi connectivity index (χ1v) is 8.99. The van der Waals surface area contributed by atoms with Crippen molar-refractivity contribution in [2.24, 2.45) is 0 Å². The number of aromatic nitrogens is 2. The molecule has 1 aliphatic carbocycles. The van der Waals surface area contributed by atoms with Gasteiger partial charge in [0.1, 0.15) is 35.6 Å². The van der Waals surface area contributed by atoms with Crippen LogP contribution in [0.5, 0.6) is 5.75 Å². The molecule has 1 heterocycles. The van der Waals surface area contributed by atoms with Gasteiger partial charge in [-0.05, 0) is 44.9 Å². The lowest BCUT2D eigenvalue weighted by Crippen LogP contribution is -2.57. The van der Waals surface area contributed by atoms with Gasteiger partial charge in [-0.2, -0.15) is 5.10 Å². The van der Waals surface area contributed by atoms with E-state index < -0.39 is 36.1 Å². The zero-order chi connectivity index (χ0) is 19.6. The van der Waals surface area contributed by atoms with Crippen LogP contribution in [0.3, 0.4) is 0 Å². The maximum Gasteiger partial charge on any atom is 0.272 e. The summed E-state index contributed by atoms with van der Waals surface area (Å²) in [4.78, 5) is 12.4. The number of hydrogen-bond donors (Lipinski definition) is 3. The van der Waals surface area contributed by atoms with Crippen LogP contribution in [0.2, 0.25) is 0 Å². The molecule has 0 bridgehead atoms. The van der Waals surface area contributed by atoms with Crippen molar-refractivity contribution in [3.63, 3.8) is 0 Å². The van der Waals surface area contributed by atoms with E-state index in [9.17, 15) is 19.4 Å². The fourth-order valence-corrected chi connectivity index (χ4v) is 3.13. The molecule has 0 radical (unpaired) electrons. The summed E-state index contributed by atoms with van der Waals surface area (Å²) in [5.41, 5.74) is 0.253. The monoisotopic (exact) mass is 377 g/mol. The van der Waals surface area contributed by atoms with Gasteiger partial charge in [0.05, 0.1) is 6.04 Å². The van der Waals surface area contributed by atoms with Crippen LogP contribution in [-0.2, 0) is 0 Å². The van der Waals surface area contributed by atoms with Crippen LogP contribution in [0, 0.1) is 5.82 Å². The van der Waals surface area contributed by atoms with Crippen LogP contribution in [-0.4, -0.2) is 50.3 Å². The zero-order valence-corrected chi connectivity index (χ0v) is 15.2. The largest absolute Gasteiger partial charge is 0.488 e. The van der Waals surface area contributed by atoms with Gasteiger partial charge in [0.2, 0.25) is 0 Å². The molecule has 1 aliphatic rings. The molecule has 3 rings (SSSR count). The Bertz CT molecular complexity index is 795. The minimum Gasteiger partial charge on any atom is -0.488 e. The SMILES string of the molecule is CC(C)n1ccc(C(=O)N[C@@H]2CC[C@@H](Oc3cccc(F)c3)[C@@H](O)[C@@H]2O)n1. The van der Waals surface area contributed by atoms with Gasteiger partial charge in [0.25, 0.3) is 5.91 Å². The first kappa shape index (κ1) is 19.3. The third kappa shape index (κ3) is 4.45. The van der Waals surface area contributed by atoms with E-state index in [1.807, 2.05) is 13.8 Å². The van der Waals surface area contributed by atoms with Gasteiger partial charge in [-0.1, -0.05) is 6.07 Å². The molecule has 146 valence electrons. The fraction of sp³-hybridized carbons (Fsp3) is 0.474. The molecular formula is C19H24FN3O4. The summed E-state index contributed by atoms with van der Waals surface area (Å²) in [6.45, 7) is 3.91. The number of aliphatic hydroxyl groups excluding tert-OH is 2. The van der Waals surface area contributed by atoms with Gasteiger partial charge in [-0.3, -0.25) is 9.48 Å². The van der Waals surface area contributed by atoms with Gasteiger partial charge >= 0.3 is 0 Å². The minimum absolute atomic E-state index is 0.134. The van der Waals surface area contributed by atoms with E-state index in [0.717, 1.165) is 0 Å². The lowest BCUT2D eigenvalue weighted by atomic mass is 9.87. The predicted molar refractivity (Wildman–Crippen MR) is 95.9 cm³/mol. The summed E-state index contributed by atoms with van der Waals surface area (Å²) in [5.74, 6) is -0.563. The van der Waals surface area contributed by atoms with Crippen LogP contribution in [0.1, 0.15) is 43.2 Å². The quantitative estimate of drug-likeness (QED) is 0.737. The van der Waals surface area contributed by atoms with Gasteiger partial charge < -0.3 is 20.3 Å². The molecule has 27 heavy (non-hydrogen) atoms. The molecule has 0 saturated heterocycles. The van der Waals surface area contributed by atoms with Gasteiger partial charge in [-0.15, -0.1) is 0 Å². The molecule has 4 atom stereocenters. The Morgan fingerprint density at radius 2 is 2.07 bits per heavy atom. The zero-order valence-electron chi connectivity index (χ0n) is 15.2. The van der Waals surface area contributed by atoms with Crippen molar-refractivity contribution in [2.75, 3.05) is 0 Å². The van der Waals surface area contributed by atoms with Crippen LogP contribution < -0.4 is 10.1 Å². The summed E-state index contributed by atoms with van der Waals surface area (Å²) < 4.78 is 20.5. The number of nitrogens with one attached hydrogen (secondary N) is 1. The second-order valence-electron chi connectivity index (χ2n) is 7.03. The van der Waals surface area contributed by atoms with Gasteiger partial charge in [0.15, 0.2) is 0 Å². The molecule has 1 aromatic heterocycles. The number of carbonyl (C=O) groups is 1. The van der Waals surface area contributed by atoms with E-state index in [1.165, 1.54) is 18.2 Å². The highest BCUT2D eigenvalue weighted by atomic mass is 19.1. The topological polar surface area (TPSA) is 96.6 Å². The van der Waals surface area contributed by atoms with E-state index in [4.69, 9.17) is 4.74 Å². The number of aliphatic hydroxyl groups is 2. The Hall–Kier alpha value is -2.45. The summed E-state index contributed by atoms with van der Waals surface area (Å²) in [6.07, 6.45) is -0.562. The molecule has 0 aliphatic heterocycles. The van der Waals surface area contributed by atoms with Crippen LogP contribution in [0.15, 0.2) is 36.5 Å². The van der Waals surface area contributed by atoms with Crippen molar-refractivity contribution in [3.8, 4) is 5.75 Å². The summed E-state index contributed by atoms with van der Waals surface area (Å²) in [7, 11) is 0. The van der Waals surface area contributed by atoms with Gasteiger partial charge in [0, 0.05) is 18.3 Å².